The number of hydrogen-bond donors (Lipinski definition) is 1. The number of rotatable bonds is 3. The molecule has 2 amide bonds. The first-order valence-electron chi connectivity index (χ1n) is 7.15. The summed E-state index contributed by atoms with van der Waals surface area (Å²) in [6.45, 7) is 0.444. The molecule has 1 aliphatic heterocycles. The minimum atomic E-state index is -0.221. The second kappa shape index (κ2) is 6.60. The molecule has 1 fully saturated rings. The molecule has 0 radical (unpaired) electrons. The maximum Gasteiger partial charge on any atom is 0.251 e. The molecule has 0 spiro atoms. The summed E-state index contributed by atoms with van der Waals surface area (Å²) in [6.07, 6.45) is 0.280. The van der Waals surface area contributed by atoms with Gasteiger partial charge in [0.05, 0.1) is 6.04 Å². The lowest BCUT2D eigenvalue weighted by Crippen LogP contribution is -2.37. The molecule has 1 heterocycles. The highest BCUT2D eigenvalue weighted by molar-refractivity contribution is 6.31. The summed E-state index contributed by atoms with van der Waals surface area (Å²) in [4.78, 5) is 26.0. The van der Waals surface area contributed by atoms with E-state index >= 15 is 0 Å². The third-order valence-corrected chi connectivity index (χ3v) is 4.21. The molecule has 4 nitrogen and oxygen atoms in total. The van der Waals surface area contributed by atoms with Gasteiger partial charge in [-0.1, -0.05) is 23.2 Å². The van der Waals surface area contributed by atoms with Crippen molar-refractivity contribution < 1.29 is 9.59 Å². The zero-order valence-electron chi connectivity index (χ0n) is 12.1. The Bertz CT molecular complexity index is 729. The Morgan fingerprint density at radius 1 is 1.00 bits per heavy atom. The summed E-state index contributed by atoms with van der Waals surface area (Å²) >= 11 is 11.7. The fraction of sp³-hybridized carbons (Fsp3) is 0.176. The molecule has 0 saturated carbocycles. The molecule has 0 unspecified atom stereocenters. The third-order valence-electron chi connectivity index (χ3n) is 3.70. The molecule has 1 atom stereocenters. The Labute approximate surface area is 144 Å². The van der Waals surface area contributed by atoms with Crippen molar-refractivity contribution >= 4 is 40.7 Å². The van der Waals surface area contributed by atoms with Crippen molar-refractivity contribution in [3.05, 3.63) is 64.1 Å². The predicted molar refractivity (Wildman–Crippen MR) is 91.1 cm³/mol. The lowest BCUT2D eigenvalue weighted by Gasteiger charge is -2.17. The van der Waals surface area contributed by atoms with Gasteiger partial charge < -0.3 is 10.2 Å². The van der Waals surface area contributed by atoms with Crippen molar-refractivity contribution in [1.82, 2.24) is 5.32 Å². The summed E-state index contributed by atoms with van der Waals surface area (Å²) in [7, 11) is 0. The number of nitrogens with one attached hydrogen (secondary N) is 1. The Balaban J connectivity index is 1.66. The molecule has 1 saturated heterocycles. The SMILES string of the molecule is O=C(N[C@@H]1CC(=O)N(c2ccc(Cl)cc2)C1)c1ccc(Cl)cc1. The van der Waals surface area contributed by atoms with Gasteiger partial charge in [-0.15, -0.1) is 0 Å². The number of amides is 2. The van der Waals surface area contributed by atoms with E-state index in [1.165, 1.54) is 0 Å². The molecule has 2 aromatic rings. The molecule has 118 valence electrons. The van der Waals surface area contributed by atoms with Crippen molar-refractivity contribution in [3.63, 3.8) is 0 Å². The number of benzene rings is 2. The number of carbonyl (C=O) groups is 2. The summed E-state index contributed by atoms with van der Waals surface area (Å²) in [5.41, 5.74) is 1.30. The molecular formula is C17H14Cl2N2O2. The zero-order valence-corrected chi connectivity index (χ0v) is 13.6. The average molecular weight is 349 g/mol. The second-order valence-corrected chi connectivity index (χ2v) is 6.24. The van der Waals surface area contributed by atoms with Crippen LogP contribution in [0.1, 0.15) is 16.8 Å². The number of anilines is 1. The van der Waals surface area contributed by atoms with Gasteiger partial charge in [0.2, 0.25) is 5.91 Å². The van der Waals surface area contributed by atoms with Crippen LogP contribution in [0.5, 0.6) is 0 Å². The van der Waals surface area contributed by atoms with Crippen LogP contribution in [0.4, 0.5) is 5.69 Å². The quantitative estimate of drug-likeness (QED) is 0.922. The van der Waals surface area contributed by atoms with Crippen molar-refractivity contribution in [2.24, 2.45) is 0 Å². The largest absolute Gasteiger partial charge is 0.347 e. The van der Waals surface area contributed by atoms with E-state index in [1.54, 1.807) is 53.4 Å². The van der Waals surface area contributed by atoms with Crippen molar-refractivity contribution in [1.29, 1.82) is 0 Å². The van der Waals surface area contributed by atoms with E-state index in [9.17, 15) is 9.59 Å². The van der Waals surface area contributed by atoms with Crippen molar-refractivity contribution in [2.75, 3.05) is 11.4 Å². The summed E-state index contributed by atoms with van der Waals surface area (Å²) in [5, 5.41) is 4.08. The second-order valence-electron chi connectivity index (χ2n) is 5.36. The van der Waals surface area contributed by atoms with Crippen LogP contribution in [0.3, 0.4) is 0 Å². The summed E-state index contributed by atoms with van der Waals surface area (Å²) in [5.74, 6) is -0.230. The first kappa shape index (κ1) is 15.8. The molecule has 2 aromatic carbocycles. The van der Waals surface area contributed by atoms with E-state index in [-0.39, 0.29) is 24.3 Å². The summed E-state index contributed by atoms with van der Waals surface area (Å²) < 4.78 is 0. The van der Waals surface area contributed by atoms with Gasteiger partial charge in [-0.05, 0) is 48.5 Å². The standard InChI is InChI=1S/C17H14Cl2N2O2/c18-12-3-1-11(2-4-12)17(23)20-14-9-16(22)21(10-14)15-7-5-13(19)6-8-15/h1-8,14H,9-10H2,(H,20,23)/t14-/m1/s1. The van der Waals surface area contributed by atoms with Crippen LogP contribution in [0.2, 0.25) is 10.0 Å². The normalized spacial score (nSPS) is 17.4. The van der Waals surface area contributed by atoms with Crippen LogP contribution in [0, 0.1) is 0 Å². The van der Waals surface area contributed by atoms with Crippen LogP contribution in [0.15, 0.2) is 48.5 Å². The number of carbonyl (C=O) groups excluding carboxylic acids is 2. The van der Waals surface area contributed by atoms with E-state index in [0.29, 0.717) is 22.2 Å². The zero-order chi connectivity index (χ0) is 16.4. The fourth-order valence-corrected chi connectivity index (χ4v) is 2.80. The van der Waals surface area contributed by atoms with E-state index < -0.39 is 0 Å². The van der Waals surface area contributed by atoms with E-state index in [1.807, 2.05) is 0 Å². The highest BCUT2D eigenvalue weighted by atomic mass is 35.5. The molecule has 0 aromatic heterocycles. The minimum Gasteiger partial charge on any atom is -0.347 e. The maximum absolute atomic E-state index is 12.2. The van der Waals surface area contributed by atoms with Crippen molar-refractivity contribution in [2.45, 2.75) is 12.5 Å². The van der Waals surface area contributed by atoms with Gasteiger partial charge in [0.25, 0.3) is 5.91 Å². The van der Waals surface area contributed by atoms with Crippen LogP contribution in [0.25, 0.3) is 0 Å². The molecule has 1 aliphatic rings. The summed E-state index contributed by atoms with van der Waals surface area (Å²) in [6, 6.07) is 13.5. The van der Waals surface area contributed by atoms with E-state index in [0.717, 1.165) is 5.69 Å². The van der Waals surface area contributed by atoms with Gasteiger partial charge in [0, 0.05) is 34.3 Å². The van der Waals surface area contributed by atoms with Gasteiger partial charge >= 0.3 is 0 Å². The molecule has 0 aliphatic carbocycles. The van der Waals surface area contributed by atoms with Crippen LogP contribution < -0.4 is 10.2 Å². The Kier molecular flexibility index (Phi) is 4.55. The van der Waals surface area contributed by atoms with Gasteiger partial charge in [-0.25, -0.2) is 0 Å². The van der Waals surface area contributed by atoms with Gasteiger partial charge in [-0.3, -0.25) is 9.59 Å². The first-order valence-corrected chi connectivity index (χ1v) is 7.91. The van der Waals surface area contributed by atoms with Gasteiger partial charge in [-0.2, -0.15) is 0 Å². The van der Waals surface area contributed by atoms with E-state index in [2.05, 4.69) is 5.32 Å². The topological polar surface area (TPSA) is 49.4 Å². The lowest BCUT2D eigenvalue weighted by molar-refractivity contribution is -0.117. The smallest absolute Gasteiger partial charge is 0.251 e. The molecule has 1 N–H and O–H groups in total. The molecule has 0 bridgehead atoms. The average Bonchev–Trinajstić information content (AvgIpc) is 2.89. The number of nitrogens with zero attached hydrogens (tertiary/aromatic N) is 1. The van der Waals surface area contributed by atoms with Crippen LogP contribution in [-0.2, 0) is 4.79 Å². The van der Waals surface area contributed by atoms with Gasteiger partial charge in [0.15, 0.2) is 0 Å². The molecular weight excluding hydrogens is 335 g/mol. The molecule has 23 heavy (non-hydrogen) atoms. The number of hydrogen-bond acceptors (Lipinski definition) is 2. The molecule has 6 heteroatoms. The lowest BCUT2D eigenvalue weighted by atomic mass is 10.2. The van der Waals surface area contributed by atoms with Crippen LogP contribution in [-0.4, -0.2) is 24.4 Å². The van der Waals surface area contributed by atoms with Gasteiger partial charge in [0.1, 0.15) is 0 Å². The Morgan fingerprint density at radius 2 is 1.57 bits per heavy atom. The third kappa shape index (κ3) is 3.66. The highest BCUT2D eigenvalue weighted by Crippen LogP contribution is 2.23. The maximum atomic E-state index is 12.2. The number of halogens is 2. The fourth-order valence-electron chi connectivity index (χ4n) is 2.54. The Morgan fingerprint density at radius 3 is 2.17 bits per heavy atom. The molecule has 3 rings (SSSR count). The Hall–Kier alpha value is -2.04. The first-order chi connectivity index (χ1) is 11.0. The predicted octanol–water partition coefficient (Wildman–Crippen LogP) is 3.53. The van der Waals surface area contributed by atoms with E-state index in [4.69, 9.17) is 23.2 Å². The highest BCUT2D eigenvalue weighted by Gasteiger charge is 2.31. The minimum absolute atomic E-state index is 0.0197. The monoisotopic (exact) mass is 348 g/mol. The van der Waals surface area contributed by atoms with Crippen molar-refractivity contribution in [3.8, 4) is 0 Å². The van der Waals surface area contributed by atoms with Crippen LogP contribution >= 0.6 is 23.2 Å².